The van der Waals surface area contributed by atoms with Crippen LogP contribution in [-0.2, 0) is 0 Å². The first-order chi connectivity index (χ1) is 6.79. The third-order valence-electron chi connectivity index (χ3n) is 1.81. The highest BCUT2D eigenvalue weighted by molar-refractivity contribution is 5.76. The van der Waals surface area contributed by atoms with E-state index in [1.54, 1.807) is 18.2 Å². The van der Waals surface area contributed by atoms with Crippen molar-refractivity contribution in [1.29, 1.82) is 0 Å². The lowest BCUT2D eigenvalue weighted by atomic mass is 10.3. The Balaban J connectivity index is 2.35. The molecule has 0 atom stereocenters. The van der Waals surface area contributed by atoms with Crippen LogP contribution in [0.1, 0.15) is 0 Å². The molecule has 2 rings (SSSR count). The standard InChI is InChI=1S/C8H10N4O2/c9-11-4-10-5-1-2-7-6(3-5)12-8(13)14-7/h1-3,10-11H,4,9H2,(H,12,13). The lowest BCUT2D eigenvalue weighted by Gasteiger charge is -2.03. The number of fused-ring (bicyclic) bond motifs is 1. The number of aromatic nitrogens is 1. The van der Waals surface area contributed by atoms with Gasteiger partial charge in [-0.05, 0) is 18.2 Å². The van der Waals surface area contributed by atoms with Gasteiger partial charge in [-0.1, -0.05) is 0 Å². The summed E-state index contributed by atoms with van der Waals surface area (Å²) in [5.74, 6) is 4.65. The van der Waals surface area contributed by atoms with Crippen molar-refractivity contribution in [2.45, 2.75) is 0 Å². The fraction of sp³-hybridized carbons (Fsp3) is 0.125. The van der Waals surface area contributed by atoms with Gasteiger partial charge in [-0.25, -0.2) is 10.2 Å². The van der Waals surface area contributed by atoms with Gasteiger partial charge in [-0.3, -0.25) is 10.8 Å². The van der Waals surface area contributed by atoms with E-state index in [4.69, 9.17) is 10.3 Å². The van der Waals surface area contributed by atoms with Crippen LogP contribution in [0.5, 0.6) is 0 Å². The van der Waals surface area contributed by atoms with E-state index >= 15 is 0 Å². The monoisotopic (exact) mass is 194 g/mol. The highest BCUT2D eigenvalue weighted by Gasteiger charge is 2.00. The number of hydrazine groups is 1. The van der Waals surface area contributed by atoms with Gasteiger partial charge in [0.1, 0.15) is 0 Å². The second-order valence-corrected chi connectivity index (χ2v) is 2.78. The lowest BCUT2D eigenvalue weighted by molar-refractivity contribution is 0.555. The molecule has 0 bridgehead atoms. The molecule has 74 valence electrons. The van der Waals surface area contributed by atoms with Crippen molar-refractivity contribution in [3.05, 3.63) is 28.7 Å². The molecule has 1 heterocycles. The van der Waals surface area contributed by atoms with Crippen molar-refractivity contribution in [2.24, 2.45) is 5.84 Å². The summed E-state index contributed by atoms with van der Waals surface area (Å²) in [6.07, 6.45) is 0. The molecule has 0 spiro atoms. The predicted molar refractivity (Wildman–Crippen MR) is 52.6 cm³/mol. The molecule has 2 aromatic rings. The summed E-state index contributed by atoms with van der Waals surface area (Å²) in [5, 5.41) is 3.00. The largest absolute Gasteiger partial charge is 0.417 e. The number of nitrogens with one attached hydrogen (secondary N) is 3. The minimum Gasteiger partial charge on any atom is -0.408 e. The number of aromatic amines is 1. The second kappa shape index (κ2) is 3.52. The summed E-state index contributed by atoms with van der Waals surface area (Å²) in [6, 6.07) is 5.29. The first-order valence-electron chi connectivity index (χ1n) is 4.10. The highest BCUT2D eigenvalue weighted by atomic mass is 16.4. The topological polar surface area (TPSA) is 96.1 Å². The Morgan fingerprint density at radius 1 is 1.50 bits per heavy atom. The molecule has 1 aromatic heterocycles. The fourth-order valence-electron chi connectivity index (χ4n) is 1.22. The SMILES string of the molecule is NNCNc1ccc2oc(=O)[nH]c2c1. The molecular formula is C8H10N4O2. The molecular weight excluding hydrogens is 184 g/mol. The lowest BCUT2D eigenvalue weighted by Crippen LogP contribution is -2.28. The predicted octanol–water partition coefficient (Wildman–Crippen LogP) is -0.0462. The quantitative estimate of drug-likeness (QED) is 0.312. The number of oxazole rings is 1. The number of hydrogen-bond donors (Lipinski definition) is 4. The Morgan fingerprint density at radius 3 is 3.14 bits per heavy atom. The van der Waals surface area contributed by atoms with Gasteiger partial charge < -0.3 is 9.73 Å². The van der Waals surface area contributed by atoms with Crippen molar-refractivity contribution >= 4 is 16.8 Å². The maximum Gasteiger partial charge on any atom is 0.417 e. The molecule has 0 aliphatic heterocycles. The molecule has 0 amide bonds. The van der Waals surface area contributed by atoms with Gasteiger partial charge in [0.25, 0.3) is 0 Å². The van der Waals surface area contributed by atoms with Gasteiger partial charge in [0.15, 0.2) is 5.58 Å². The average molecular weight is 194 g/mol. The molecule has 5 N–H and O–H groups in total. The zero-order valence-corrected chi connectivity index (χ0v) is 7.33. The summed E-state index contributed by atoms with van der Waals surface area (Å²) in [7, 11) is 0. The Morgan fingerprint density at radius 2 is 2.36 bits per heavy atom. The van der Waals surface area contributed by atoms with E-state index in [0.717, 1.165) is 5.69 Å². The molecule has 0 saturated heterocycles. The molecule has 0 saturated carbocycles. The van der Waals surface area contributed by atoms with Crippen molar-refractivity contribution in [3.63, 3.8) is 0 Å². The maximum atomic E-state index is 10.8. The van der Waals surface area contributed by atoms with Crippen LogP contribution in [0.25, 0.3) is 11.1 Å². The first-order valence-corrected chi connectivity index (χ1v) is 4.10. The van der Waals surface area contributed by atoms with Crippen LogP contribution in [0, 0.1) is 0 Å². The van der Waals surface area contributed by atoms with Crippen molar-refractivity contribution in [2.75, 3.05) is 12.0 Å². The second-order valence-electron chi connectivity index (χ2n) is 2.78. The smallest absolute Gasteiger partial charge is 0.408 e. The van der Waals surface area contributed by atoms with Gasteiger partial charge >= 0.3 is 5.76 Å². The van der Waals surface area contributed by atoms with E-state index < -0.39 is 5.76 Å². The maximum absolute atomic E-state index is 10.8. The molecule has 6 heteroatoms. The van der Waals surface area contributed by atoms with Crippen LogP contribution in [-0.4, -0.2) is 11.7 Å². The summed E-state index contributed by atoms with van der Waals surface area (Å²) in [6.45, 7) is 0.452. The molecule has 6 nitrogen and oxygen atoms in total. The van der Waals surface area contributed by atoms with Gasteiger partial charge in [-0.2, -0.15) is 0 Å². The van der Waals surface area contributed by atoms with Crippen LogP contribution in [0.2, 0.25) is 0 Å². The molecule has 0 aliphatic rings. The first kappa shape index (κ1) is 8.79. The average Bonchev–Trinajstić information content (AvgIpc) is 2.54. The van der Waals surface area contributed by atoms with Gasteiger partial charge in [-0.15, -0.1) is 0 Å². The Labute approximate surface area is 79.1 Å². The number of H-pyrrole nitrogens is 1. The highest BCUT2D eigenvalue weighted by Crippen LogP contribution is 2.15. The number of hydrogen-bond acceptors (Lipinski definition) is 5. The Hall–Kier alpha value is -1.79. The summed E-state index contributed by atoms with van der Waals surface area (Å²) < 4.78 is 4.85. The van der Waals surface area contributed by atoms with Crippen LogP contribution in [0.15, 0.2) is 27.4 Å². The van der Waals surface area contributed by atoms with Gasteiger partial charge in [0, 0.05) is 5.69 Å². The third kappa shape index (κ3) is 1.61. The number of anilines is 1. The summed E-state index contributed by atoms with van der Waals surface area (Å²) in [5.41, 5.74) is 4.52. The molecule has 0 fully saturated rings. The van der Waals surface area contributed by atoms with Crippen LogP contribution in [0.4, 0.5) is 5.69 Å². The Bertz CT molecular complexity index is 487. The molecule has 0 radical (unpaired) electrons. The van der Waals surface area contributed by atoms with Gasteiger partial charge in [0.05, 0.1) is 12.2 Å². The van der Waals surface area contributed by atoms with Crippen LogP contribution in [0.3, 0.4) is 0 Å². The normalized spacial score (nSPS) is 10.6. The molecule has 0 aliphatic carbocycles. The fourth-order valence-corrected chi connectivity index (χ4v) is 1.22. The summed E-state index contributed by atoms with van der Waals surface area (Å²) in [4.78, 5) is 13.4. The van der Waals surface area contributed by atoms with Gasteiger partial charge in [0.2, 0.25) is 0 Å². The zero-order chi connectivity index (χ0) is 9.97. The third-order valence-corrected chi connectivity index (χ3v) is 1.81. The van der Waals surface area contributed by atoms with Crippen molar-refractivity contribution in [3.8, 4) is 0 Å². The number of benzene rings is 1. The number of rotatable bonds is 3. The van der Waals surface area contributed by atoms with Crippen molar-refractivity contribution in [1.82, 2.24) is 10.4 Å². The molecule has 14 heavy (non-hydrogen) atoms. The van der Waals surface area contributed by atoms with E-state index in [-0.39, 0.29) is 0 Å². The zero-order valence-electron chi connectivity index (χ0n) is 7.33. The van der Waals surface area contributed by atoms with E-state index in [9.17, 15) is 4.79 Å². The summed E-state index contributed by atoms with van der Waals surface area (Å²) >= 11 is 0. The van der Waals surface area contributed by atoms with E-state index in [1.165, 1.54) is 0 Å². The van der Waals surface area contributed by atoms with E-state index in [1.807, 2.05) is 0 Å². The Kier molecular flexibility index (Phi) is 2.21. The minimum atomic E-state index is -0.450. The van der Waals surface area contributed by atoms with Crippen LogP contribution >= 0.6 is 0 Å². The van der Waals surface area contributed by atoms with Crippen molar-refractivity contribution < 1.29 is 4.42 Å². The van der Waals surface area contributed by atoms with E-state index in [2.05, 4.69) is 15.7 Å². The minimum absolute atomic E-state index is 0.450. The molecule has 0 unspecified atom stereocenters. The van der Waals surface area contributed by atoms with Crippen LogP contribution < -0.4 is 22.3 Å². The number of nitrogens with two attached hydrogens (primary N) is 1. The van der Waals surface area contributed by atoms with E-state index in [0.29, 0.717) is 17.8 Å². The molecule has 1 aromatic carbocycles.